The summed E-state index contributed by atoms with van der Waals surface area (Å²) in [6.45, 7) is 2.82. The van der Waals surface area contributed by atoms with Crippen molar-refractivity contribution in [3.63, 3.8) is 0 Å². The van der Waals surface area contributed by atoms with Gasteiger partial charge in [-0.15, -0.1) is 0 Å². The summed E-state index contributed by atoms with van der Waals surface area (Å²) in [7, 11) is 1.74. The summed E-state index contributed by atoms with van der Waals surface area (Å²) in [5.41, 5.74) is -1.53. The summed E-state index contributed by atoms with van der Waals surface area (Å²) in [6, 6.07) is 12.9. The summed E-state index contributed by atoms with van der Waals surface area (Å²) in [6.07, 6.45) is 8.44. The van der Waals surface area contributed by atoms with Gasteiger partial charge >= 0.3 is 0 Å². The molecule has 0 radical (unpaired) electrons. The maximum atomic E-state index is 14.5. The fourth-order valence-electron chi connectivity index (χ4n) is 6.94. The number of likely N-dealkylation sites (N-methyl/N-ethyl adjacent to an activating group) is 1. The number of likely N-dealkylation sites (tertiary alicyclic amines) is 1. The summed E-state index contributed by atoms with van der Waals surface area (Å²) in [4.78, 5) is 47.2. The van der Waals surface area contributed by atoms with E-state index in [0.717, 1.165) is 16.5 Å². The normalized spacial score (nSPS) is 32.4. The fourth-order valence-corrected chi connectivity index (χ4v) is 6.94. The van der Waals surface area contributed by atoms with Gasteiger partial charge in [-0.2, -0.15) is 0 Å². The van der Waals surface area contributed by atoms with Crippen molar-refractivity contribution in [3.05, 3.63) is 66.8 Å². The first kappa shape index (κ1) is 24.8. The lowest BCUT2D eigenvalue weighted by atomic mass is 9.73. The predicted octanol–water partition coefficient (Wildman–Crippen LogP) is 2.51. The van der Waals surface area contributed by atoms with E-state index >= 15 is 0 Å². The molecule has 198 valence electrons. The van der Waals surface area contributed by atoms with E-state index < -0.39 is 29.1 Å². The van der Waals surface area contributed by atoms with E-state index in [1.165, 1.54) is 0 Å². The molecular weight excluding hydrogens is 482 g/mol. The highest BCUT2D eigenvalue weighted by Gasteiger charge is 2.75. The van der Waals surface area contributed by atoms with E-state index in [-0.39, 0.29) is 30.9 Å². The second-order valence-electron chi connectivity index (χ2n) is 10.7. The molecule has 4 aliphatic heterocycles. The summed E-state index contributed by atoms with van der Waals surface area (Å²) >= 11 is 0. The number of carbonyl (C=O) groups excluding carboxylic acids is 3. The lowest BCUT2D eigenvalue weighted by Crippen LogP contribution is -2.56. The van der Waals surface area contributed by atoms with Crippen LogP contribution in [0.4, 0.5) is 5.69 Å². The van der Waals surface area contributed by atoms with E-state index in [1.807, 2.05) is 73.7 Å². The van der Waals surface area contributed by atoms with Crippen molar-refractivity contribution in [2.24, 2.45) is 11.8 Å². The Morgan fingerprint density at radius 3 is 2.47 bits per heavy atom. The number of fused-ring (bicyclic) bond motifs is 3. The van der Waals surface area contributed by atoms with Gasteiger partial charge in [0, 0.05) is 39.0 Å². The van der Waals surface area contributed by atoms with Gasteiger partial charge in [0.2, 0.25) is 11.8 Å². The third kappa shape index (κ3) is 3.39. The third-order valence-electron chi connectivity index (χ3n) is 8.74. The number of carbonyl (C=O) groups is 3. The van der Waals surface area contributed by atoms with Gasteiger partial charge in [0.1, 0.15) is 11.6 Å². The Morgan fingerprint density at radius 1 is 0.947 bits per heavy atom. The lowest BCUT2D eigenvalue weighted by Gasteiger charge is -2.38. The zero-order chi connectivity index (χ0) is 26.7. The van der Waals surface area contributed by atoms with Crippen molar-refractivity contribution in [2.45, 2.75) is 37.0 Å². The molecule has 0 bridgehead atoms. The molecule has 8 heteroatoms. The molecule has 4 heterocycles. The second-order valence-corrected chi connectivity index (χ2v) is 10.7. The van der Waals surface area contributed by atoms with Gasteiger partial charge in [0.25, 0.3) is 5.91 Å². The maximum Gasteiger partial charge on any atom is 0.253 e. The fraction of sp³-hybridized carbons (Fsp3) is 0.433. The first-order valence-electron chi connectivity index (χ1n) is 13.4. The van der Waals surface area contributed by atoms with Crippen LogP contribution in [0.5, 0.6) is 0 Å². The third-order valence-corrected chi connectivity index (χ3v) is 8.74. The highest BCUT2D eigenvalue weighted by Crippen LogP contribution is 2.58. The maximum absolute atomic E-state index is 14.5. The molecule has 1 spiro atoms. The highest BCUT2D eigenvalue weighted by molar-refractivity contribution is 6.06. The quantitative estimate of drug-likeness (QED) is 0.618. The zero-order valence-corrected chi connectivity index (χ0v) is 21.7. The van der Waals surface area contributed by atoms with Gasteiger partial charge in [-0.05, 0) is 35.7 Å². The van der Waals surface area contributed by atoms with Crippen molar-refractivity contribution in [3.8, 4) is 0 Å². The Balaban J connectivity index is 1.49. The zero-order valence-electron chi connectivity index (χ0n) is 21.7. The number of hydrogen-bond donors (Lipinski definition) is 1. The number of benzene rings is 2. The molecule has 8 nitrogen and oxygen atoms in total. The van der Waals surface area contributed by atoms with Gasteiger partial charge in [0.05, 0.1) is 17.4 Å². The number of ether oxygens (including phenoxy) is 1. The summed E-state index contributed by atoms with van der Waals surface area (Å²) in [5, 5.41) is 11.7. The molecule has 1 N–H and O–H groups in total. The Kier molecular flexibility index (Phi) is 5.92. The SMILES string of the molecule is CC[C@]12C=CCN(C)C(=O)[C@H]1[C@H]1C(=O)N(CCCO)C3C(=O)N(c4ccc5ccccc5c4)CC=C[C@@]31O2. The Hall–Kier alpha value is -3.49. The Labute approximate surface area is 222 Å². The number of aliphatic hydroxyl groups excluding tert-OH is 1. The molecule has 0 aromatic heterocycles. The number of amides is 3. The highest BCUT2D eigenvalue weighted by atomic mass is 16.5. The largest absolute Gasteiger partial charge is 0.396 e. The van der Waals surface area contributed by atoms with Crippen LogP contribution in [0.3, 0.4) is 0 Å². The average Bonchev–Trinajstić information content (AvgIpc) is 3.22. The first-order chi connectivity index (χ1) is 18.4. The molecule has 2 aromatic carbocycles. The molecular formula is C30H33N3O5. The monoisotopic (exact) mass is 515 g/mol. The molecule has 2 fully saturated rings. The van der Waals surface area contributed by atoms with Crippen LogP contribution in [0.1, 0.15) is 19.8 Å². The van der Waals surface area contributed by atoms with Crippen LogP contribution in [0.2, 0.25) is 0 Å². The van der Waals surface area contributed by atoms with Crippen LogP contribution in [0.15, 0.2) is 66.8 Å². The number of anilines is 1. The molecule has 0 saturated carbocycles. The number of aliphatic hydroxyl groups is 1. The second kappa shape index (κ2) is 9.06. The van der Waals surface area contributed by atoms with Gasteiger partial charge in [-0.1, -0.05) is 61.6 Å². The van der Waals surface area contributed by atoms with Crippen LogP contribution in [-0.2, 0) is 19.1 Å². The summed E-state index contributed by atoms with van der Waals surface area (Å²) < 4.78 is 6.91. The number of nitrogens with zero attached hydrogens (tertiary/aromatic N) is 3. The standard InChI is InChI=1S/C30H33N3O5/c1-3-29-13-6-15-31(2)26(35)23(29)24-27(36)33(17-8-18-34)25-28(37)32(16-7-14-30(24,25)38-29)22-12-11-20-9-4-5-10-21(20)19-22/h4-7,9-14,19,23-25,34H,3,8,15-18H2,1-2H3/t23-,24+,25?,29+,30+/m1/s1. The number of hydrogen-bond acceptors (Lipinski definition) is 5. The van der Waals surface area contributed by atoms with Crippen molar-refractivity contribution in [1.82, 2.24) is 9.80 Å². The first-order valence-corrected chi connectivity index (χ1v) is 13.4. The van der Waals surface area contributed by atoms with Crippen LogP contribution >= 0.6 is 0 Å². The van der Waals surface area contributed by atoms with Crippen molar-refractivity contribution >= 4 is 34.2 Å². The van der Waals surface area contributed by atoms with Crippen LogP contribution in [0, 0.1) is 11.8 Å². The van der Waals surface area contributed by atoms with Crippen molar-refractivity contribution in [2.75, 3.05) is 38.2 Å². The number of rotatable bonds is 5. The molecule has 2 aromatic rings. The topological polar surface area (TPSA) is 90.4 Å². The van der Waals surface area contributed by atoms with E-state index in [2.05, 4.69) is 0 Å². The molecule has 5 atom stereocenters. The Bertz CT molecular complexity index is 1370. The van der Waals surface area contributed by atoms with E-state index in [0.29, 0.717) is 25.9 Å². The summed E-state index contributed by atoms with van der Waals surface area (Å²) in [5.74, 6) is -2.23. The molecule has 1 unspecified atom stereocenters. The van der Waals surface area contributed by atoms with E-state index in [9.17, 15) is 19.5 Å². The Morgan fingerprint density at radius 2 is 1.71 bits per heavy atom. The molecule has 2 saturated heterocycles. The minimum atomic E-state index is -1.28. The van der Waals surface area contributed by atoms with Gasteiger partial charge in [0.15, 0.2) is 0 Å². The van der Waals surface area contributed by atoms with Crippen LogP contribution in [0.25, 0.3) is 10.8 Å². The smallest absolute Gasteiger partial charge is 0.253 e. The van der Waals surface area contributed by atoms with Gasteiger partial charge in [-0.3, -0.25) is 14.4 Å². The molecule has 3 amide bonds. The van der Waals surface area contributed by atoms with Crippen molar-refractivity contribution in [1.29, 1.82) is 0 Å². The van der Waals surface area contributed by atoms with Crippen LogP contribution in [-0.4, -0.2) is 83.2 Å². The van der Waals surface area contributed by atoms with Gasteiger partial charge < -0.3 is 24.5 Å². The molecule has 4 aliphatic rings. The van der Waals surface area contributed by atoms with Gasteiger partial charge in [-0.25, -0.2) is 0 Å². The lowest BCUT2D eigenvalue weighted by molar-refractivity contribution is -0.149. The predicted molar refractivity (Wildman–Crippen MR) is 143 cm³/mol. The minimum absolute atomic E-state index is 0.111. The van der Waals surface area contributed by atoms with E-state index in [1.54, 1.807) is 21.7 Å². The molecule has 0 aliphatic carbocycles. The molecule has 6 rings (SSSR count). The molecule has 38 heavy (non-hydrogen) atoms. The van der Waals surface area contributed by atoms with Crippen molar-refractivity contribution < 1.29 is 24.2 Å². The average molecular weight is 516 g/mol. The van der Waals surface area contributed by atoms with Crippen LogP contribution < -0.4 is 4.90 Å². The minimum Gasteiger partial charge on any atom is -0.396 e. The van der Waals surface area contributed by atoms with E-state index in [4.69, 9.17) is 4.74 Å².